The first kappa shape index (κ1) is 47.8. The molecule has 17 nitrogen and oxygen atoms in total. The van der Waals surface area contributed by atoms with E-state index in [9.17, 15) is 24.0 Å². The Balaban J connectivity index is 1.77. The molecule has 59 heavy (non-hydrogen) atoms. The van der Waals surface area contributed by atoms with Crippen LogP contribution in [0.1, 0.15) is 44.7 Å². The molecule has 2 aromatic carbocycles. The summed E-state index contributed by atoms with van der Waals surface area (Å²) in [6.07, 6.45) is -15.4. The monoisotopic (exact) mass is 889 g/mol. The average Bonchev–Trinajstić information content (AvgIpc) is 3.19. The normalized spacial score (nSPS) is 26.8. The van der Waals surface area contributed by atoms with Crippen molar-refractivity contribution in [1.82, 2.24) is 0 Å². The molecule has 2 aliphatic rings. The zero-order valence-corrected chi connectivity index (χ0v) is 35.0. The maximum absolute atomic E-state index is 13.9. The summed E-state index contributed by atoms with van der Waals surface area (Å²) in [6.45, 7) is 2.70. The van der Waals surface area contributed by atoms with E-state index < -0.39 is 102 Å². The summed E-state index contributed by atoms with van der Waals surface area (Å²) in [5, 5.41) is 8.30. The molecule has 2 fully saturated rings. The molecule has 10 atom stereocenters. The Kier molecular flexibility index (Phi) is 18.3. The highest BCUT2D eigenvalue weighted by Gasteiger charge is 2.57. The second-order valence-electron chi connectivity index (χ2n) is 13.3. The van der Waals surface area contributed by atoms with E-state index in [-0.39, 0.29) is 31.8 Å². The lowest BCUT2D eigenvalue weighted by atomic mass is 9.95. The Morgan fingerprint density at radius 1 is 0.661 bits per heavy atom. The van der Waals surface area contributed by atoms with Crippen molar-refractivity contribution >= 4 is 70.4 Å². The van der Waals surface area contributed by atoms with Crippen LogP contribution in [0.2, 0.25) is 0 Å². The van der Waals surface area contributed by atoms with Crippen molar-refractivity contribution in [1.29, 1.82) is 5.41 Å². The minimum atomic E-state index is -2.37. The number of ether oxygens (including phenoxy) is 11. The SMILES string of the molecule is CO[C@@H]1[C@@H](OC)[C@H](O[C@H]2[C@H](OC(C)=O)[C@@H](OCc3ccccc3)[C@@H](OC(=N)C(Cl)(Cl)Cl)O[C@@H]2COC(C)=O)O[C@H](C(=O)OCc2ccccc2)[C@H]1OC(=O)CCC(C)=O. The molecule has 2 aliphatic heterocycles. The predicted molar refractivity (Wildman–Crippen MR) is 206 cm³/mol. The van der Waals surface area contributed by atoms with Crippen LogP contribution >= 0.6 is 34.8 Å². The highest BCUT2D eigenvalue weighted by molar-refractivity contribution is 6.76. The number of benzene rings is 2. The van der Waals surface area contributed by atoms with Crippen LogP contribution in [-0.2, 0) is 89.3 Å². The second kappa shape index (κ2) is 22.6. The maximum atomic E-state index is 13.9. The highest BCUT2D eigenvalue weighted by Crippen LogP contribution is 2.37. The van der Waals surface area contributed by atoms with Gasteiger partial charge in [0, 0.05) is 34.5 Å². The van der Waals surface area contributed by atoms with Gasteiger partial charge in [-0.2, -0.15) is 0 Å². The Labute approximate surface area is 355 Å². The zero-order chi connectivity index (χ0) is 43.3. The minimum absolute atomic E-state index is 0.118. The van der Waals surface area contributed by atoms with E-state index in [4.69, 9.17) is 92.3 Å². The summed E-state index contributed by atoms with van der Waals surface area (Å²) >= 11 is 17.9. The quantitative estimate of drug-likeness (QED) is 0.0726. The number of hydrogen-bond donors (Lipinski definition) is 1. The van der Waals surface area contributed by atoms with E-state index >= 15 is 0 Å². The van der Waals surface area contributed by atoms with E-state index in [0.717, 1.165) is 13.8 Å². The number of carbonyl (C=O) groups is 5. The van der Waals surface area contributed by atoms with E-state index in [0.29, 0.717) is 11.1 Å². The van der Waals surface area contributed by atoms with Gasteiger partial charge in [-0.1, -0.05) is 95.5 Å². The maximum Gasteiger partial charge on any atom is 0.339 e. The van der Waals surface area contributed by atoms with Gasteiger partial charge in [-0.25, -0.2) is 4.79 Å². The molecule has 2 aromatic rings. The van der Waals surface area contributed by atoms with E-state index in [1.54, 1.807) is 60.7 Å². The lowest BCUT2D eigenvalue weighted by Gasteiger charge is -2.48. The van der Waals surface area contributed by atoms with Crippen LogP contribution in [-0.4, -0.2) is 122 Å². The number of methoxy groups -OCH3 is 2. The average molecular weight is 891 g/mol. The molecule has 0 spiro atoms. The lowest BCUT2D eigenvalue weighted by molar-refractivity contribution is -0.357. The number of carbonyl (C=O) groups excluding carboxylic acids is 5. The Morgan fingerprint density at radius 2 is 1.27 bits per heavy atom. The number of nitrogens with one attached hydrogen (secondary N) is 1. The van der Waals surface area contributed by atoms with Gasteiger partial charge in [0.25, 0.3) is 3.79 Å². The van der Waals surface area contributed by atoms with E-state index in [1.165, 1.54) is 21.1 Å². The first-order valence-electron chi connectivity index (χ1n) is 18.2. The molecule has 20 heteroatoms. The number of hydrogen-bond acceptors (Lipinski definition) is 17. The van der Waals surface area contributed by atoms with Gasteiger partial charge in [-0.3, -0.25) is 19.8 Å². The van der Waals surface area contributed by atoms with Gasteiger partial charge < -0.3 is 56.9 Å². The Bertz CT molecular complexity index is 1730. The van der Waals surface area contributed by atoms with Gasteiger partial charge in [0.2, 0.25) is 12.2 Å². The van der Waals surface area contributed by atoms with Gasteiger partial charge in [0.05, 0.1) is 13.0 Å². The molecule has 4 rings (SSSR count). The molecule has 0 aliphatic carbocycles. The lowest BCUT2D eigenvalue weighted by Crippen LogP contribution is -2.67. The van der Waals surface area contributed by atoms with Crippen LogP contribution in [0.3, 0.4) is 0 Å². The molecule has 0 unspecified atom stereocenters. The largest absolute Gasteiger partial charge is 0.463 e. The summed E-state index contributed by atoms with van der Waals surface area (Å²) in [4.78, 5) is 63.5. The van der Waals surface area contributed by atoms with Gasteiger partial charge in [-0.05, 0) is 18.1 Å². The zero-order valence-electron chi connectivity index (χ0n) is 32.7. The second-order valence-corrected chi connectivity index (χ2v) is 15.6. The topological polar surface area (TPSA) is 211 Å². The van der Waals surface area contributed by atoms with Gasteiger partial charge >= 0.3 is 23.9 Å². The number of rotatable bonds is 18. The van der Waals surface area contributed by atoms with E-state index in [2.05, 4.69) is 0 Å². The number of halogens is 3. The molecule has 0 aromatic heterocycles. The Morgan fingerprint density at radius 3 is 1.81 bits per heavy atom. The molecule has 2 heterocycles. The molecule has 1 N–H and O–H groups in total. The van der Waals surface area contributed by atoms with Crippen LogP contribution in [0.4, 0.5) is 0 Å². The molecular formula is C39H46Cl3NO16. The molecule has 0 radical (unpaired) electrons. The van der Waals surface area contributed by atoms with Gasteiger partial charge in [-0.15, -0.1) is 0 Å². The summed E-state index contributed by atoms with van der Waals surface area (Å²) in [5.74, 6) is -4.54. The first-order valence-corrected chi connectivity index (χ1v) is 19.4. The summed E-state index contributed by atoms with van der Waals surface area (Å²) in [6, 6.07) is 17.6. The Hall–Kier alpha value is -3.91. The smallest absolute Gasteiger partial charge is 0.339 e. The van der Waals surface area contributed by atoms with Crippen molar-refractivity contribution in [2.24, 2.45) is 0 Å². The van der Waals surface area contributed by atoms with Crippen LogP contribution < -0.4 is 0 Å². The van der Waals surface area contributed by atoms with Crippen LogP contribution in [0.5, 0.6) is 0 Å². The van der Waals surface area contributed by atoms with E-state index in [1.807, 2.05) is 0 Å². The van der Waals surface area contributed by atoms with Crippen LogP contribution in [0.15, 0.2) is 60.7 Å². The fourth-order valence-electron chi connectivity index (χ4n) is 6.13. The summed E-state index contributed by atoms with van der Waals surface area (Å²) in [5.41, 5.74) is 1.30. The fourth-order valence-corrected chi connectivity index (χ4v) is 6.27. The minimum Gasteiger partial charge on any atom is -0.463 e. The molecule has 0 bridgehead atoms. The fraction of sp³-hybridized carbons (Fsp3) is 0.538. The highest BCUT2D eigenvalue weighted by atomic mass is 35.6. The summed E-state index contributed by atoms with van der Waals surface area (Å²) < 4.78 is 62.5. The standard InChI is InChI=1S/C39H46Cl3NO16/c1-21(44)16-17-27(47)56-31-29(49-4)33(50-5)36(58-32(31)35(48)53-19-25-14-10-7-11-15-25)57-28-26(20-51-22(2)45)55-37(59-38(43)39(40,41)42)34(30(28)54-23(3)46)52-18-24-12-8-6-9-13-24/h6-15,26,28-34,36-37,43H,16-20H2,1-5H3/t26-,28-,29+,30+,31+,32+,33-,34-,36-,37-/m1/s1. The van der Waals surface area contributed by atoms with Crippen molar-refractivity contribution in [3.63, 3.8) is 0 Å². The third-order valence-corrected chi connectivity index (χ3v) is 9.37. The number of alkyl halides is 3. The van der Waals surface area contributed by atoms with Crippen molar-refractivity contribution in [3.8, 4) is 0 Å². The molecule has 0 saturated carbocycles. The first-order chi connectivity index (χ1) is 28.0. The van der Waals surface area contributed by atoms with Crippen LogP contribution in [0, 0.1) is 5.41 Å². The summed E-state index contributed by atoms with van der Waals surface area (Å²) in [7, 11) is 2.54. The van der Waals surface area contributed by atoms with Gasteiger partial charge in [0.1, 0.15) is 43.4 Å². The molecule has 2 saturated heterocycles. The number of Topliss-reactive ketones (excluding diaryl/α,β-unsaturated/α-hetero) is 1. The predicted octanol–water partition coefficient (Wildman–Crippen LogP) is 4.32. The van der Waals surface area contributed by atoms with Gasteiger partial charge in [0.15, 0.2) is 30.7 Å². The third kappa shape index (κ3) is 14.1. The molecule has 324 valence electrons. The number of esters is 4. The van der Waals surface area contributed by atoms with Crippen molar-refractivity contribution < 1.29 is 76.1 Å². The van der Waals surface area contributed by atoms with Crippen molar-refractivity contribution in [2.45, 2.75) is 112 Å². The number of ketones is 1. The van der Waals surface area contributed by atoms with Crippen molar-refractivity contribution in [3.05, 3.63) is 71.8 Å². The molecular weight excluding hydrogens is 845 g/mol. The van der Waals surface area contributed by atoms with Crippen LogP contribution in [0.25, 0.3) is 0 Å². The third-order valence-electron chi connectivity index (χ3n) is 8.86. The molecule has 0 amide bonds. The van der Waals surface area contributed by atoms with Crippen molar-refractivity contribution in [2.75, 3.05) is 20.8 Å².